The lowest BCUT2D eigenvalue weighted by molar-refractivity contribution is 0.0938. The molecule has 1 aromatic rings. The van der Waals surface area contributed by atoms with Gasteiger partial charge in [-0.15, -0.1) is 0 Å². The van der Waals surface area contributed by atoms with E-state index in [-0.39, 0.29) is 11.3 Å². The molecule has 1 aromatic carbocycles. The molecule has 104 valence electrons. The molecule has 0 unspecified atom stereocenters. The van der Waals surface area contributed by atoms with Gasteiger partial charge in [0, 0.05) is 20.3 Å². The van der Waals surface area contributed by atoms with Crippen LogP contribution in [0.1, 0.15) is 29.6 Å². The first kappa shape index (κ1) is 13.8. The Bertz CT molecular complexity index is 444. The molecule has 0 heterocycles. The number of ether oxygens (including phenoxy) is 1. The van der Waals surface area contributed by atoms with Crippen LogP contribution < -0.4 is 16.6 Å². The van der Waals surface area contributed by atoms with Crippen molar-refractivity contribution in [2.75, 3.05) is 25.7 Å². The molecule has 0 spiro atoms. The van der Waals surface area contributed by atoms with Gasteiger partial charge in [0.2, 0.25) is 0 Å². The van der Waals surface area contributed by atoms with Crippen molar-refractivity contribution < 1.29 is 9.53 Å². The molecule has 0 bridgehead atoms. The van der Waals surface area contributed by atoms with Crippen molar-refractivity contribution in [1.82, 2.24) is 5.32 Å². The van der Waals surface area contributed by atoms with Gasteiger partial charge < -0.3 is 15.5 Å². The lowest BCUT2D eigenvalue weighted by atomic mass is 10.0. The Hall–Kier alpha value is -1.59. The molecule has 0 aliphatic heterocycles. The zero-order chi connectivity index (χ0) is 13.7. The monoisotopic (exact) mass is 263 g/mol. The van der Waals surface area contributed by atoms with Gasteiger partial charge in [0.1, 0.15) is 0 Å². The molecule has 1 aliphatic rings. The summed E-state index contributed by atoms with van der Waals surface area (Å²) in [6.07, 6.45) is 3.32. The number of nitrogens with two attached hydrogens (primary N) is 1. The summed E-state index contributed by atoms with van der Waals surface area (Å²) in [4.78, 5) is 12.1. The smallest absolute Gasteiger partial charge is 0.253 e. The second-order valence-electron chi connectivity index (χ2n) is 5.12. The number of para-hydroxylation sites is 1. The van der Waals surface area contributed by atoms with Gasteiger partial charge in [-0.25, -0.2) is 0 Å². The molecule has 5 heteroatoms. The SMILES string of the molecule is COCCC1(CNC(=O)c2ccccc2NN)CC1. The third-order valence-electron chi connectivity index (χ3n) is 3.74. The van der Waals surface area contributed by atoms with E-state index in [0.29, 0.717) is 17.8 Å². The van der Waals surface area contributed by atoms with Gasteiger partial charge >= 0.3 is 0 Å². The lowest BCUT2D eigenvalue weighted by Gasteiger charge is -2.16. The minimum atomic E-state index is -0.0859. The highest BCUT2D eigenvalue weighted by atomic mass is 16.5. The summed E-state index contributed by atoms with van der Waals surface area (Å²) < 4.78 is 5.11. The average molecular weight is 263 g/mol. The first-order valence-corrected chi connectivity index (χ1v) is 6.53. The van der Waals surface area contributed by atoms with Gasteiger partial charge in [-0.05, 0) is 36.8 Å². The van der Waals surface area contributed by atoms with Crippen molar-refractivity contribution in [3.63, 3.8) is 0 Å². The minimum Gasteiger partial charge on any atom is -0.385 e. The van der Waals surface area contributed by atoms with E-state index in [4.69, 9.17) is 10.6 Å². The number of nitrogen functional groups attached to an aromatic ring is 1. The second kappa shape index (κ2) is 6.04. The molecule has 1 fully saturated rings. The van der Waals surface area contributed by atoms with Crippen molar-refractivity contribution >= 4 is 11.6 Å². The van der Waals surface area contributed by atoms with Gasteiger partial charge in [-0.1, -0.05) is 12.1 Å². The summed E-state index contributed by atoms with van der Waals surface area (Å²) >= 11 is 0. The first-order valence-electron chi connectivity index (χ1n) is 6.53. The number of methoxy groups -OCH3 is 1. The fourth-order valence-corrected chi connectivity index (χ4v) is 2.18. The van der Waals surface area contributed by atoms with Crippen LogP contribution in [0, 0.1) is 5.41 Å². The highest BCUT2D eigenvalue weighted by molar-refractivity contribution is 5.99. The Morgan fingerprint density at radius 1 is 1.42 bits per heavy atom. The van der Waals surface area contributed by atoms with E-state index in [1.165, 1.54) is 0 Å². The number of anilines is 1. The van der Waals surface area contributed by atoms with Gasteiger partial charge in [0.15, 0.2) is 0 Å². The van der Waals surface area contributed by atoms with E-state index in [1.807, 2.05) is 12.1 Å². The van der Waals surface area contributed by atoms with Gasteiger partial charge in [0.05, 0.1) is 11.3 Å². The lowest BCUT2D eigenvalue weighted by Crippen LogP contribution is -2.31. The number of benzene rings is 1. The first-order chi connectivity index (χ1) is 9.21. The number of nitrogens with one attached hydrogen (secondary N) is 2. The standard InChI is InChI=1S/C14H21N3O2/c1-19-9-8-14(6-7-14)10-16-13(18)11-4-2-3-5-12(11)17-15/h2-5,17H,6-10,15H2,1H3,(H,16,18). The summed E-state index contributed by atoms with van der Waals surface area (Å²) in [6, 6.07) is 7.21. The van der Waals surface area contributed by atoms with Crippen LogP contribution in [0.15, 0.2) is 24.3 Å². The molecule has 5 nitrogen and oxygen atoms in total. The molecule has 1 amide bonds. The fourth-order valence-electron chi connectivity index (χ4n) is 2.18. The number of hydrogen-bond acceptors (Lipinski definition) is 4. The Balaban J connectivity index is 1.91. The molecule has 0 saturated heterocycles. The maximum atomic E-state index is 12.1. The highest BCUT2D eigenvalue weighted by Crippen LogP contribution is 2.48. The third kappa shape index (κ3) is 3.45. The van der Waals surface area contributed by atoms with Gasteiger partial charge in [-0.3, -0.25) is 10.6 Å². The van der Waals surface area contributed by atoms with Gasteiger partial charge in [0.25, 0.3) is 5.91 Å². The van der Waals surface area contributed by atoms with Crippen molar-refractivity contribution in [1.29, 1.82) is 0 Å². The molecule has 19 heavy (non-hydrogen) atoms. The van der Waals surface area contributed by atoms with Crippen LogP contribution in [-0.2, 0) is 4.74 Å². The van der Waals surface area contributed by atoms with E-state index in [2.05, 4.69) is 10.7 Å². The van der Waals surface area contributed by atoms with Crippen molar-refractivity contribution in [2.24, 2.45) is 11.3 Å². The maximum absolute atomic E-state index is 12.1. The normalized spacial score (nSPS) is 15.9. The predicted octanol–water partition coefficient (Wildman–Crippen LogP) is 1.52. The molecule has 1 saturated carbocycles. The Labute approximate surface area is 113 Å². The quantitative estimate of drug-likeness (QED) is 0.515. The van der Waals surface area contributed by atoms with E-state index < -0.39 is 0 Å². The molecule has 2 rings (SSSR count). The highest BCUT2D eigenvalue weighted by Gasteiger charge is 2.42. The van der Waals surface area contributed by atoms with Crippen molar-refractivity contribution in [3.8, 4) is 0 Å². The maximum Gasteiger partial charge on any atom is 0.253 e. The molecular formula is C14H21N3O2. The van der Waals surface area contributed by atoms with Gasteiger partial charge in [-0.2, -0.15) is 0 Å². The summed E-state index contributed by atoms with van der Waals surface area (Å²) in [5.41, 5.74) is 4.01. The fraction of sp³-hybridized carbons (Fsp3) is 0.500. The van der Waals surface area contributed by atoms with Crippen LogP contribution in [0.5, 0.6) is 0 Å². The largest absolute Gasteiger partial charge is 0.385 e. The number of hydrazine groups is 1. The van der Waals surface area contributed by atoms with Crippen molar-refractivity contribution in [3.05, 3.63) is 29.8 Å². The molecular weight excluding hydrogens is 242 g/mol. The molecule has 0 atom stereocenters. The van der Waals surface area contributed by atoms with Crippen molar-refractivity contribution in [2.45, 2.75) is 19.3 Å². The third-order valence-corrected chi connectivity index (χ3v) is 3.74. The van der Waals surface area contributed by atoms with Crippen LogP contribution >= 0.6 is 0 Å². The van der Waals surface area contributed by atoms with E-state index in [0.717, 1.165) is 25.9 Å². The van der Waals surface area contributed by atoms with Crippen LogP contribution in [0.4, 0.5) is 5.69 Å². The molecule has 0 radical (unpaired) electrons. The Morgan fingerprint density at radius 2 is 2.16 bits per heavy atom. The predicted molar refractivity (Wildman–Crippen MR) is 74.7 cm³/mol. The summed E-state index contributed by atoms with van der Waals surface area (Å²) in [6.45, 7) is 1.45. The molecule has 0 aromatic heterocycles. The zero-order valence-corrected chi connectivity index (χ0v) is 11.2. The van der Waals surface area contributed by atoms with E-state index in [9.17, 15) is 4.79 Å². The Kier molecular flexibility index (Phi) is 4.39. The summed E-state index contributed by atoms with van der Waals surface area (Å²) in [7, 11) is 1.71. The number of carbonyl (C=O) groups is 1. The topological polar surface area (TPSA) is 76.4 Å². The molecule has 4 N–H and O–H groups in total. The number of carbonyl (C=O) groups excluding carboxylic acids is 1. The summed E-state index contributed by atoms with van der Waals surface area (Å²) in [5, 5.41) is 3.00. The van der Waals surface area contributed by atoms with Crippen LogP contribution in [0.2, 0.25) is 0 Å². The average Bonchev–Trinajstić information content (AvgIpc) is 3.23. The number of amides is 1. The number of rotatable bonds is 7. The summed E-state index contributed by atoms with van der Waals surface area (Å²) in [5.74, 6) is 5.32. The second-order valence-corrected chi connectivity index (χ2v) is 5.12. The number of hydrogen-bond donors (Lipinski definition) is 3. The minimum absolute atomic E-state index is 0.0859. The van der Waals surface area contributed by atoms with E-state index in [1.54, 1.807) is 19.2 Å². The zero-order valence-electron chi connectivity index (χ0n) is 11.2. The van der Waals surface area contributed by atoms with E-state index >= 15 is 0 Å². The van der Waals surface area contributed by atoms with Crippen LogP contribution in [-0.4, -0.2) is 26.2 Å². The molecule has 1 aliphatic carbocycles. The van der Waals surface area contributed by atoms with Crippen LogP contribution in [0.25, 0.3) is 0 Å². The van der Waals surface area contributed by atoms with Crippen LogP contribution in [0.3, 0.4) is 0 Å². The Morgan fingerprint density at radius 3 is 2.79 bits per heavy atom.